The summed E-state index contributed by atoms with van der Waals surface area (Å²) in [6.45, 7) is 3.00. The molecule has 0 spiro atoms. The van der Waals surface area contributed by atoms with E-state index < -0.39 is 0 Å². The summed E-state index contributed by atoms with van der Waals surface area (Å²) in [7, 11) is 0. The van der Waals surface area contributed by atoms with Gasteiger partial charge in [0, 0.05) is 13.2 Å². The quantitative estimate of drug-likeness (QED) is 0.742. The van der Waals surface area contributed by atoms with Crippen LogP contribution in [0.3, 0.4) is 0 Å². The second-order valence-electron chi connectivity index (χ2n) is 4.07. The van der Waals surface area contributed by atoms with Gasteiger partial charge in [0.05, 0.1) is 6.10 Å². The third-order valence-electron chi connectivity index (χ3n) is 2.83. The minimum Gasteiger partial charge on any atom is -0.377 e. The van der Waals surface area contributed by atoms with Gasteiger partial charge in [-0.1, -0.05) is 30.3 Å². The Balaban J connectivity index is 1.59. The van der Waals surface area contributed by atoms with Crippen LogP contribution in [0, 0.1) is 0 Å². The number of hydrogen-bond acceptors (Lipinski definition) is 2. The van der Waals surface area contributed by atoms with Crippen LogP contribution < -0.4 is 5.32 Å². The Morgan fingerprint density at radius 1 is 1.27 bits per heavy atom. The lowest BCUT2D eigenvalue weighted by Gasteiger charge is -2.10. The van der Waals surface area contributed by atoms with Crippen LogP contribution >= 0.6 is 0 Å². The van der Waals surface area contributed by atoms with E-state index in [2.05, 4.69) is 35.6 Å². The molecule has 0 aliphatic carbocycles. The molecular weight excluding hydrogens is 186 g/mol. The fourth-order valence-electron chi connectivity index (χ4n) is 1.95. The second kappa shape index (κ2) is 5.89. The number of nitrogens with one attached hydrogen (secondary N) is 1. The average molecular weight is 205 g/mol. The molecule has 1 atom stereocenters. The number of rotatable bonds is 5. The first-order chi connectivity index (χ1) is 7.45. The molecule has 1 aliphatic heterocycles. The van der Waals surface area contributed by atoms with Crippen LogP contribution in [0.15, 0.2) is 30.3 Å². The van der Waals surface area contributed by atoms with E-state index in [9.17, 15) is 0 Å². The lowest BCUT2D eigenvalue weighted by atomic mass is 10.1. The van der Waals surface area contributed by atoms with Crippen LogP contribution in [0.2, 0.25) is 0 Å². The molecule has 0 saturated carbocycles. The number of hydrogen-bond donors (Lipinski definition) is 1. The average Bonchev–Trinajstić information content (AvgIpc) is 2.79. The molecule has 0 bridgehead atoms. The summed E-state index contributed by atoms with van der Waals surface area (Å²) in [5.41, 5.74) is 1.40. The standard InChI is InChI=1S/C13H19NO/c1-2-5-12(6-3-1)8-9-14-11-13-7-4-10-15-13/h1-3,5-6,13-14H,4,7-11H2. The summed E-state index contributed by atoms with van der Waals surface area (Å²) >= 11 is 0. The normalized spacial score (nSPS) is 20.7. The van der Waals surface area contributed by atoms with E-state index in [1.807, 2.05) is 0 Å². The van der Waals surface area contributed by atoms with Crippen LogP contribution in [0.1, 0.15) is 18.4 Å². The Morgan fingerprint density at radius 2 is 2.13 bits per heavy atom. The molecule has 2 nitrogen and oxygen atoms in total. The van der Waals surface area contributed by atoms with Crippen LogP contribution in [0.25, 0.3) is 0 Å². The summed E-state index contributed by atoms with van der Waals surface area (Å²) in [6.07, 6.45) is 4.01. The lowest BCUT2D eigenvalue weighted by molar-refractivity contribution is 0.110. The molecule has 1 heterocycles. The maximum Gasteiger partial charge on any atom is 0.0700 e. The first kappa shape index (κ1) is 10.7. The van der Waals surface area contributed by atoms with Gasteiger partial charge in [0.15, 0.2) is 0 Å². The van der Waals surface area contributed by atoms with Crippen LogP contribution in [-0.4, -0.2) is 25.8 Å². The molecule has 1 aliphatic rings. The molecule has 15 heavy (non-hydrogen) atoms. The van der Waals surface area contributed by atoms with Crippen molar-refractivity contribution in [2.24, 2.45) is 0 Å². The maximum atomic E-state index is 5.54. The largest absolute Gasteiger partial charge is 0.377 e. The van der Waals surface area contributed by atoms with Gasteiger partial charge >= 0.3 is 0 Å². The van der Waals surface area contributed by atoms with Crippen molar-refractivity contribution in [3.05, 3.63) is 35.9 Å². The van der Waals surface area contributed by atoms with Gasteiger partial charge in [-0.3, -0.25) is 0 Å². The van der Waals surface area contributed by atoms with Crippen LogP contribution in [0.4, 0.5) is 0 Å². The van der Waals surface area contributed by atoms with Gasteiger partial charge in [0.1, 0.15) is 0 Å². The topological polar surface area (TPSA) is 21.3 Å². The van der Waals surface area contributed by atoms with Crippen molar-refractivity contribution < 1.29 is 4.74 Å². The smallest absolute Gasteiger partial charge is 0.0700 e. The molecule has 1 aromatic carbocycles. The van der Waals surface area contributed by atoms with Gasteiger partial charge in [-0.2, -0.15) is 0 Å². The second-order valence-corrected chi connectivity index (χ2v) is 4.07. The van der Waals surface area contributed by atoms with E-state index in [-0.39, 0.29) is 0 Å². The highest BCUT2D eigenvalue weighted by Gasteiger charge is 2.13. The van der Waals surface area contributed by atoms with E-state index in [1.165, 1.54) is 18.4 Å². The number of benzene rings is 1. The first-order valence-electron chi connectivity index (χ1n) is 5.81. The van der Waals surface area contributed by atoms with E-state index in [0.29, 0.717) is 6.10 Å². The van der Waals surface area contributed by atoms with Gasteiger partial charge in [0.25, 0.3) is 0 Å². The number of ether oxygens (including phenoxy) is 1. The van der Waals surface area contributed by atoms with Gasteiger partial charge in [-0.15, -0.1) is 0 Å². The van der Waals surface area contributed by atoms with E-state index in [4.69, 9.17) is 4.74 Å². The maximum absolute atomic E-state index is 5.54. The van der Waals surface area contributed by atoms with Crippen molar-refractivity contribution in [2.75, 3.05) is 19.7 Å². The fourth-order valence-corrected chi connectivity index (χ4v) is 1.95. The molecule has 0 aromatic heterocycles. The third kappa shape index (κ3) is 3.65. The van der Waals surface area contributed by atoms with Gasteiger partial charge in [-0.25, -0.2) is 0 Å². The van der Waals surface area contributed by atoms with Crippen molar-refractivity contribution >= 4 is 0 Å². The van der Waals surface area contributed by atoms with Crippen molar-refractivity contribution in [2.45, 2.75) is 25.4 Å². The lowest BCUT2D eigenvalue weighted by Crippen LogP contribution is -2.27. The Morgan fingerprint density at radius 3 is 2.87 bits per heavy atom. The SMILES string of the molecule is c1ccc(CCNCC2CCCO2)cc1. The highest BCUT2D eigenvalue weighted by Crippen LogP contribution is 2.10. The minimum absolute atomic E-state index is 0.459. The Labute approximate surface area is 91.6 Å². The van der Waals surface area contributed by atoms with Gasteiger partial charge in [0.2, 0.25) is 0 Å². The zero-order valence-corrected chi connectivity index (χ0v) is 9.11. The molecule has 82 valence electrons. The van der Waals surface area contributed by atoms with Crippen LogP contribution in [-0.2, 0) is 11.2 Å². The van der Waals surface area contributed by atoms with E-state index in [1.54, 1.807) is 0 Å². The Bertz CT molecular complexity index is 267. The summed E-state index contributed by atoms with van der Waals surface area (Å²) < 4.78 is 5.54. The highest BCUT2D eigenvalue weighted by molar-refractivity contribution is 5.14. The minimum atomic E-state index is 0.459. The molecule has 1 saturated heterocycles. The monoisotopic (exact) mass is 205 g/mol. The molecule has 0 radical (unpaired) electrons. The first-order valence-corrected chi connectivity index (χ1v) is 5.81. The summed E-state index contributed by atoms with van der Waals surface area (Å²) in [5, 5.41) is 3.45. The van der Waals surface area contributed by atoms with Crippen molar-refractivity contribution in [3.8, 4) is 0 Å². The predicted octanol–water partition coefficient (Wildman–Crippen LogP) is 2.00. The van der Waals surface area contributed by atoms with E-state index in [0.717, 1.165) is 26.1 Å². The van der Waals surface area contributed by atoms with Crippen LogP contribution in [0.5, 0.6) is 0 Å². The Kier molecular flexibility index (Phi) is 4.18. The van der Waals surface area contributed by atoms with Crippen molar-refractivity contribution in [1.82, 2.24) is 5.32 Å². The third-order valence-corrected chi connectivity index (χ3v) is 2.83. The molecule has 2 rings (SSSR count). The summed E-state index contributed by atoms with van der Waals surface area (Å²) in [4.78, 5) is 0. The molecule has 1 N–H and O–H groups in total. The summed E-state index contributed by atoms with van der Waals surface area (Å²) in [5.74, 6) is 0. The Hall–Kier alpha value is -0.860. The molecule has 2 heteroatoms. The predicted molar refractivity (Wildman–Crippen MR) is 62.0 cm³/mol. The summed E-state index contributed by atoms with van der Waals surface area (Å²) in [6, 6.07) is 10.6. The van der Waals surface area contributed by atoms with Crippen molar-refractivity contribution in [3.63, 3.8) is 0 Å². The van der Waals surface area contributed by atoms with E-state index >= 15 is 0 Å². The molecular formula is C13H19NO. The molecule has 1 fully saturated rings. The molecule has 0 amide bonds. The van der Waals surface area contributed by atoms with Gasteiger partial charge < -0.3 is 10.1 Å². The zero-order chi connectivity index (χ0) is 10.3. The fraction of sp³-hybridized carbons (Fsp3) is 0.538. The molecule has 1 unspecified atom stereocenters. The molecule has 1 aromatic rings. The van der Waals surface area contributed by atoms with Gasteiger partial charge in [-0.05, 0) is 31.4 Å². The zero-order valence-electron chi connectivity index (χ0n) is 9.11. The highest BCUT2D eigenvalue weighted by atomic mass is 16.5. The van der Waals surface area contributed by atoms with Crippen molar-refractivity contribution in [1.29, 1.82) is 0 Å².